The molecule has 2 atom stereocenters. The SMILES string of the molecule is CC(C)(C)OC(=O)C[C@@H](NC(=O)OCC1c2ccccc2-c2ccccc21)C(=O)N[C@H](Cc1ccccc1)C(N)=O. The zero-order valence-corrected chi connectivity index (χ0v) is 23.4. The van der Waals surface area contributed by atoms with Gasteiger partial charge in [-0.2, -0.15) is 0 Å². The van der Waals surface area contributed by atoms with Gasteiger partial charge in [-0.3, -0.25) is 14.4 Å². The molecular weight excluding hydrogens is 522 g/mol. The number of nitrogens with two attached hydrogens (primary N) is 1. The molecule has 0 spiro atoms. The first-order valence-corrected chi connectivity index (χ1v) is 13.5. The number of primary amides is 1. The number of nitrogens with one attached hydrogen (secondary N) is 2. The molecule has 0 radical (unpaired) electrons. The van der Waals surface area contributed by atoms with Crippen molar-refractivity contribution in [2.75, 3.05) is 6.61 Å². The summed E-state index contributed by atoms with van der Waals surface area (Å²) < 4.78 is 10.9. The maximum absolute atomic E-state index is 13.3. The van der Waals surface area contributed by atoms with Crippen LogP contribution in [-0.2, 0) is 30.3 Å². The topological polar surface area (TPSA) is 137 Å². The maximum atomic E-state index is 13.3. The van der Waals surface area contributed by atoms with Gasteiger partial charge in [0.2, 0.25) is 11.8 Å². The van der Waals surface area contributed by atoms with Crippen molar-refractivity contribution in [3.8, 4) is 11.1 Å². The zero-order valence-electron chi connectivity index (χ0n) is 23.4. The van der Waals surface area contributed by atoms with E-state index < -0.39 is 48.0 Å². The molecule has 3 aromatic carbocycles. The Morgan fingerprint density at radius 2 is 1.37 bits per heavy atom. The Morgan fingerprint density at radius 1 is 0.805 bits per heavy atom. The molecule has 1 aliphatic rings. The third-order valence-electron chi connectivity index (χ3n) is 6.69. The van der Waals surface area contributed by atoms with Crippen molar-refractivity contribution in [3.05, 3.63) is 95.6 Å². The molecule has 41 heavy (non-hydrogen) atoms. The molecule has 1 aliphatic carbocycles. The van der Waals surface area contributed by atoms with Gasteiger partial charge in [-0.05, 0) is 48.6 Å². The second kappa shape index (κ2) is 12.7. The minimum atomic E-state index is -1.36. The summed E-state index contributed by atoms with van der Waals surface area (Å²) in [7, 11) is 0. The smallest absolute Gasteiger partial charge is 0.407 e. The molecule has 0 aliphatic heterocycles. The van der Waals surface area contributed by atoms with Crippen LogP contribution < -0.4 is 16.4 Å². The van der Waals surface area contributed by atoms with Crippen LogP contribution in [0.15, 0.2) is 78.9 Å². The van der Waals surface area contributed by atoms with Crippen LogP contribution in [0.1, 0.15) is 49.8 Å². The number of rotatable bonds is 10. The summed E-state index contributed by atoms with van der Waals surface area (Å²) in [6, 6.07) is 22.5. The Morgan fingerprint density at radius 3 is 1.93 bits per heavy atom. The number of alkyl carbamates (subject to hydrolysis) is 1. The molecular formula is C32H35N3O6. The van der Waals surface area contributed by atoms with Crippen molar-refractivity contribution in [3.63, 3.8) is 0 Å². The van der Waals surface area contributed by atoms with Gasteiger partial charge in [0.25, 0.3) is 0 Å². The van der Waals surface area contributed by atoms with Crippen LogP contribution in [0.4, 0.5) is 4.79 Å². The summed E-state index contributed by atoms with van der Waals surface area (Å²) in [5, 5.41) is 5.06. The number of benzene rings is 3. The summed E-state index contributed by atoms with van der Waals surface area (Å²) >= 11 is 0. The van der Waals surface area contributed by atoms with Crippen molar-refractivity contribution in [1.29, 1.82) is 0 Å². The first kappa shape index (κ1) is 29.3. The Bertz CT molecular complexity index is 1370. The molecule has 0 unspecified atom stereocenters. The van der Waals surface area contributed by atoms with Crippen LogP contribution in [0.2, 0.25) is 0 Å². The maximum Gasteiger partial charge on any atom is 0.407 e. The average molecular weight is 558 g/mol. The molecule has 9 heteroatoms. The second-order valence-corrected chi connectivity index (χ2v) is 11.0. The molecule has 4 N–H and O–H groups in total. The lowest BCUT2D eigenvalue weighted by molar-refractivity contribution is -0.156. The lowest BCUT2D eigenvalue weighted by atomic mass is 9.98. The number of carbonyl (C=O) groups excluding carboxylic acids is 4. The van der Waals surface area contributed by atoms with E-state index in [4.69, 9.17) is 15.2 Å². The molecule has 0 heterocycles. The van der Waals surface area contributed by atoms with Gasteiger partial charge in [0.05, 0.1) is 6.42 Å². The molecule has 214 valence electrons. The number of hydrogen-bond acceptors (Lipinski definition) is 6. The van der Waals surface area contributed by atoms with Gasteiger partial charge in [-0.15, -0.1) is 0 Å². The van der Waals surface area contributed by atoms with Crippen LogP contribution in [-0.4, -0.2) is 48.2 Å². The lowest BCUT2D eigenvalue weighted by Gasteiger charge is -2.24. The average Bonchev–Trinajstić information content (AvgIpc) is 3.24. The highest BCUT2D eigenvalue weighted by atomic mass is 16.6. The molecule has 4 rings (SSSR count). The van der Waals surface area contributed by atoms with Crippen molar-refractivity contribution in [2.24, 2.45) is 5.73 Å². The highest BCUT2D eigenvalue weighted by Crippen LogP contribution is 2.44. The Balaban J connectivity index is 1.46. The quantitative estimate of drug-likeness (QED) is 0.324. The Kier molecular flexibility index (Phi) is 9.07. The highest BCUT2D eigenvalue weighted by Gasteiger charge is 2.32. The summed E-state index contributed by atoms with van der Waals surface area (Å²) in [6.45, 7) is 5.12. The van der Waals surface area contributed by atoms with E-state index in [-0.39, 0.29) is 18.9 Å². The predicted molar refractivity (Wildman–Crippen MR) is 154 cm³/mol. The van der Waals surface area contributed by atoms with Crippen LogP contribution >= 0.6 is 0 Å². The molecule has 0 aromatic heterocycles. The summed E-state index contributed by atoms with van der Waals surface area (Å²) in [6.07, 6.45) is -1.20. The standard InChI is InChI=1S/C32H35N3O6/c1-32(2,3)41-28(36)18-27(30(38)34-26(29(33)37)17-20-11-5-4-6-12-20)35-31(39)40-19-25-23-15-9-7-13-21(23)22-14-8-10-16-24(22)25/h4-16,25-27H,17-19H2,1-3H3,(H2,33,37)(H,34,38)(H,35,39)/t26-,27-/m1/s1. The van der Waals surface area contributed by atoms with Crippen molar-refractivity contribution in [2.45, 2.75) is 57.2 Å². The number of carbonyl (C=O) groups is 4. The van der Waals surface area contributed by atoms with Crippen molar-refractivity contribution >= 4 is 23.9 Å². The van der Waals surface area contributed by atoms with E-state index in [0.29, 0.717) is 0 Å². The first-order valence-electron chi connectivity index (χ1n) is 13.5. The van der Waals surface area contributed by atoms with Crippen LogP contribution in [0.25, 0.3) is 11.1 Å². The van der Waals surface area contributed by atoms with E-state index in [0.717, 1.165) is 27.8 Å². The van der Waals surface area contributed by atoms with E-state index in [2.05, 4.69) is 10.6 Å². The summed E-state index contributed by atoms with van der Waals surface area (Å²) in [4.78, 5) is 51.0. The van der Waals surface area contributed by atoms with Gasteiger partial charge in [0, 0.05) is 12.3 Å². The number of esters is 1. The van der Waals surface area contributed by atoms with Gasteiger partial charge >= 0.3 is 12.1 Å². The largest absolute Gasteiger partial charge is 0.460 e. The highest BCUT2D eigenvalue weighted by molar-refractivity contribution is 5.93. The van der Waals surface area contributed by atoms with E-state index in [9.17, 15) is 19.2 Å². The van der Waals surface area contributed by atoms with Gasteiger partial charge in [0.1, 0.15) is 24.3 Å². The minimum absolute atomic E-state index is 0.0263. The molecule has 0 bridgehead atoms. The molecule has 0 saturated carbocycles. The van der Waals surface area contributed by atoms with Crippen molar-refractivity contribution < 1.29 is 28.7 Å². The first-order chi connectivity index (χ1) is 19.5. The van der Waals surface area contributed by atoms with E-state index >= 15 is 0 Å². The van der Waals surface area contributed by atoms with Crippen LogP contribution in [0.3, 0.4) is 0 Å². The van der Waals surface area contributed by atoms with Gasteiger partial charge in [-0.1, -0.05) is 78.9 Å². The molecule has 3 aromatic rings. The third-order valence-corrected chi connectivity index (χ3v) is 6.69. The third kappa shape index (κ3) is 7.72. The number of amides is 3. The number of fused-ring (bicyclic) bond motifs is 3. The molecule has 3 amide bonds. The molecule has 9 nitrogen and oxygen atoms in total. The second-order valence-electron chi connectivity index (χ2n) is 11.0. The van der Waals surface area contributed by atoms with Gasteiger partial charge in [-0.25, -0.2) is 4.79 Å². The lowest BCUT2D eigenvalue weighted by Crippen LogP contribution is -2.54. The zero-order chi connectivity index (χ0) is 29.6. The monoisotopic (exact) mass is 557 g/mol. The van der Waals surface area contributed by atoms with E-state index in [1.165, 1.54) is 0 Å². The summed E-state index contributed by atoms with van der Waals surface area (Å²) in [5.74, 6) is -2.39. The van der Waals surface area contributed by atoms with Gasteiger partial charge in [0.15, 0.2) is 0 Å². The number of hydrogen-bond donors (Lipinski definition) is 3. The normalized spacial score (nSPS) is 13.7. The van der Waals surface area contributed by atoms with E-state index in [1.807, 2.05) is 54.6 Å². The minimum Gasteiger partial charge on any atom is -0.460 e. The fourth-order valence-corrected chi connectivity index (χ4v) is 4.89. The van der Waals surface area contributed by atoms with Crippen molar-refractivity contribution in [1.82, 2.24) is 10.6 Å². The van der Waals surface area contributed by atoms with Gasteiger partial charge < -0.3 is 25.8 Å². The summed E-state index contributed by atoms with van der Waals surface area (Å²) in [5.41, 5.74) is 9.77. The number of ether oxygens (including phenoxy) is 2. The molecule has 0 saturated heterocycles. The van der Waals surface area contributed by atoms with Crippen LogP contribution in [0.5, 0.6) is 0 Å². The van der Waals surface area contributed by atoms with E-state index in [1.54, 1.807) is 45.0 Å². The predicted octanol–water partition coefficient (Wildman–Crippen LogP) is 3.84. The van der Waals surface area contributed by atoms with Crippen LogP contribution in [0, 0.1) is 0 Å². The molecule has 0 fully saturated rings. The fraction of sp³-hybridized carbons (Fsp3) is 0.312. The Labute approximate surface area is 239 Å². The fourth-order valence-electron chi connectivity index (χ4n) is 4.89. The Hall–Kier alpha value is -4.66.